The maximum atomic E-state index is 14.2. The lowest BCUT2D eigenvalue weighted by atomic mass is 10.0. The lowest BCUT2D eigenvalue weighted by Crippen LogP contribution is -2.29. The summed E-state index contributed by atoms with van der Waals surface area (Å²) < 4.78 is 233. The van der Waals surface area contributed by atoms with Crippen molar-refractivity contribution in [2.75, 3.05) is 89.6 Å². The Hall–Kier alpha value is -11.2. The molecule has 3 N–H and O–H groups in total. The third-order valence-corrected chi connectivity index (χ3v) is 28.2. The lowest BCUT2D eigenvalue weighted by molar-refractivity contribution is -0.141. The van der Waals surface area contributed by atoms with E-state index in [-0.39, 0.29) is 109 Å². The number of sulfonamides is 2. The van der Waals surface area contributed by atoms with E-state index in [4.69, 9.17) is 102 Å². The molecule has 12 aromatic rings. The van der Waals surface area contributed by atoms with Gasteiger partial charge in [0.05, 0.1) is 69.5 Å². The van der Waals surface area contributed by atoms with Crippen molar-refractivity contribution >= 4 is 134 Å². The second kappa shape index (κ2) is 44.3. The molecule has 0 unspecified atom stereocenters. The van der Waals surface area contributed by atoms with Gasteiger partial charge in [-0.1, -0.05) is 164 Å². The van der Waals surface area contributed by atoms with Crippen LogP contribution in [0.15, 0.2) is 177 Å². The maximum absolute atomic E-state index is 14.2. The number of hydrogen-bond donors (Lipinski definition) is 2. The number of Topliss-reactive ketones (excluding diaryl/α,β-unsaturated/α-hetero) is 2. The molecule has 0 aliphatic heterocycles. The van der Waals surface area contributed by atoms with Crippen molar-refractivity contribution in [2.24, 2.45) is 5.14 Å². The number of carboxylic acid groups (broad SMARTS) is 1. The lowest BCUT2D eigenvalue weighted by Gasteiger charge is -2.23. The zero-order chi connectivity index (χ0) is 101. The average molecular weight is 2110 g/mol. The standard InChI is InChI=1S/2C31H29Cl2F3N4O5S.C28H22Cl2F3N3O4.C2H8N2O2S/c2*1-39(2)46(42,43)17-25(41)19-9-7-18(8-10-19)15-40(3)24-13-14-26(37-30(24)31(34,35)36)44-16-21-28(38-45-29(21)20-11-12-20)27-22(32)5-4-6-23(27)33;1-36(13-15-5-7-17(8-6-15)27(37)38)21-11-12-22(34-26(21)28(31,32)33)39-14-18-24(35-40-25(18)16-9-10-16)23-19(29)3-2-4-20(23)30;1-4(2)7(3,5)6/h2*4-10,13-14,20H,11-12,15-17H2,1-3H3;2-8,11-12,16H,9-10,13-14H2,1H3,(H,37,38);1-2H3,(H2,3,5,6). The van der Waals surface area contributed by atoms with Crippen LogP contribution in [0.5, 0.6) is 17.6 Å². The van der Waals surface area contributed by atoms with Crippen LogP contribution in [0, 0.1) is 0 Å². The first-order valence-electron chi connectivity index (χ1n) is 41.9. The van der Waals surface area contributed by atoms with Crippen molar-refractivity contribution in [1.82, 2.24) is 43.3 Å². The molecular formula is C92H88Cl6F9N13O16S3. The molecule has 29 nitrogen and oxygen atoms in total. The van der Waals surface area contributed by atoms with Gasteiger partial charge in [-0.15, -0.1) is 0 Å². The molecule has 0 saturated heterocycles. The molecule has 6 aromatic carbocycles. The number of carboxylic acids is 1. The van der Waals surface area contributed by atoms with Gasteiger partial charge in [0.1, 0.15) is 65.7 Å². The molecule has 0 spiro atoms. The molecule has 0 atom stereocenters. The average Bonchev–Trinajstić information content (AvgIpc) is 1.63. The van der Waals surface area contributed by atoms with Crippen LogP contribution in [0.2, 0.25) is 30.1 Å². The Kier molecular flexibility index (Phi) is 34.0. The van der Waals surface area contributed by atoms with Gasteiger partial charge in [-0.25, -0.2) is 50.3 Å². The second-order valence-corrected chi connectivity index (χ2v) is 41.4. The Morgan fingerprint density at radius 2 is 0.619 bits per heavy atom. The number of halogens is 15. The minimum absolute atomic E-state index is 0.0445. The van der Waals surface area contributed by atoms with Crippen LogP contribution in [0.4, 0.5) is 56.6 Å². The van der Waals surface area contributed by atoms with Gasteiger partial charge in [-0.2, -0.15) is 52.2 Å². The number of nitrogens with two attached hydrogens (primary N) is 1. The Balaban J connectivity index is 0.000000181. The molecule has 6 aromatic heterocycles. The predicted molar refractivity (Wildman–Crippen MR) is 506 cm³/mol. The molecule has 0 radical (unpaired) electrons. The first-order chi connectivity index (χ1) is 65.3. The highest BCUT2D eigenvalue weighted by atomic mass is 35.5. The summed E-state index contributed by atoms with van der Waals surface area (Å²) in [5, 5.41) is 28.2. The van der Waals surface area contributed by atoms with Gasteiger partial charge in [0.15, 0.2) is 28.6 Å². The van der Waals surface area contributed by atoms with Crippen LogP contribution in [0.3, 0.4) is 0 Å². The summed E-state index contributed by atoms with van der Waals surface area (Å²) in [6, 6.07) is 40.8. The van der Waals surface area contributed by atoms with E-state index in [1.807, 2.05) is 0 Å². The van der Waals surface area contributed by atoms with Crippen LogP contribution < -0.4 is 34.0 Å². The summed E-state index contributed by atoms with van der Waals surface area (Å²) in [6.07, 6.45) is -9.04. The van der Waals surface area contributed by atoms with Crippen LogP contribution in [0.25, 0.3) is 33.8 Å². The largest absolute Gasteiger partial charge is 0.478 e. The molecular weight excluding hydrogens is 2020 g/mol. The normalized spacial score (nSPS) is 13.5. The molecule has 6 heterocycles. The molecule has 15 rings (SSSR count). The molecule has 740 valence electrons. The van der Waals surface area contributed by atoms with E-state index in [1.165, 1.54) is 151 Å². The van der Waals surface area contributed by atoms with Gasteiger partial charge in [-0.05, 0) is 122 Å². The van der Waals surface area contributed by atoms with Gasteiger partial charge in [0.25, 0.3) is 10.2 Å². The zero-order valence-corrected chi connectivity index (χ0v) is 82.1. The first-order valence-corrected chi connectivity index (χ1v) is 48.9. The van der Waals surface area contributed by atoms with E-state index >= 15 is 0 Å². The summed E-state index contributed by atoms with van der Waals surface area (Å²) in [5.41, 5.74) is 2.37. The highest BCUT2D eigenvalue weighted by Gasteiger charge is 2.43. The highest BCUT2D eigenvalue weighted by molar-refractivity contribution is 7.90. The summed E-state index contributed by atoms with van der Waals surface area (Å²) in [5.74, 6) is -2.27. The number of carbonyl (C=O) groups is 3. The summed E-state index contributed by atoms with van der Waals surface area (Å²) in [7, 11) is 1.65. The highest BCUT2D eigenvalue weighted by Crippen LogP contribution is 2.51. The van der Waals surface area contributed by atoms with E-state index in [2.05, 4.69) is 35.6 Å². The van der Waals surface area contributed by atoms with Gasteiger partial charge in [-0.3, -0.25) is 9.59 Å². The Morgan fingerprint density at radius 3 is 0.827 bits per heavy atom. The number of aromatic carboxylic acids is 1. The number of anilines is 3. The smallest absolute Gasteiger partial charge is 0.435 e. The monoisotopic (exact) mass is 2110 g/mol. The van der Waals surface area contributed by atoms with E-state index in [1.54, 1.807) is 91.0 Å². The van der Waals surface area contributed by atoms with Crippen LogP contribution >= 0.6 is 69.6 Å². The number of ketones is 2. The van der Waals surface area contributed by atoms with Crippen molar-refractivity contribution in [3.63, 3.8) is 0 Å². The Bertz CT molecular complexity index is 6520. The fourth-order valence-corrected chi connectivity index (χ4v) is 17.1. The number of rotatable bonds is 34. The molecule has 3 aliphatic carbocycles. The third-order valence-electron chi connectivity index (χ3n) is 21.8. The third kappa shape index (κ3) is 27.3. The summed E-state index contributed by atoms with van der Waals surface area (Å²) in [4.78, 5) is 51.5. The molecule has 3 fully saturated rings. The fourth-order valence-electron chi connectivity index (χ4n) is 13.9. The van der Waals surface area contributed by atoms with Crippen molar-refractivity contribution in [1.29, 1.82) is 0 Å². The van der Waals surface area contributed by atoms with Crippen LogP contribution in [-0.2, 0) is 88.2 Å². The number of aromatic nitrogens is 6. The number of carbonyl (C=O) groups excluding carboxylic acids is 2. The molecule has 139 heavy (non-hydrogen) atoms. The van der Waals surface area contributed by atoms with Crippen molar-refractivity contribution < 1.29 is 112 Å². The number of nitrogens with zero attached hydrogens (tertiary/aromatic N) is 12. The first kappa shape index (κ1) is 107. The van der Waals surface area contributed by atoms with Crippen LogP contribution in [0.1, 0.15) is 155 Å². The Labute approximate surface area is 823 Å². The van der Waals surface area contributed by atoms with Gasteiger partial charge >= 0.3 is 24.5 Å². The predicted octanol–water partition coefficient (Wildman–Crippen LogP) is 21.1. The summed E-state index contributed by atoms with van der Waals surface area (Å²) >= 11 is 38.4. The topological polar surface area (TPSA) is 364 Å². The van der Waals surface area contributed by atoms with Gasteiger partial charge in [0, 0.05) is 147 Å². The number of benzene rings is 6. The van der Waals surface area contributed by atoms with E-state index in [9.17, 15) is 79.2 Å². The van der Waals surface area contributed by atoms with Gasteiger partial charge in [0.2, 0.25) is 37.7 Å². The van der Waals surface area contributed by atoms with Crippen molar-refractivity contribution in [2.45, 2.75) is 114 Å². The molecule has 47 heteroatoms. The minimum atomic E-state index is -4.80. The zero-order valence-electron chi connectivity index (χ0n) is 75.1. The SMILES string of the molecule is CN(C)S(N)(=O)=O.CN(Cc1ccc(C(=O)CS(=O)(=O)N(C)C)cc1)c1ccc(OCc2c(-c3c(Cl)cccc3Cl)noc2C2CC2)nc1C(F)(F)F.CN(Cc1ccc(C(=O)CS(=O)(=O)N(C)C)cc1)c1ccc(OCc2c(-c3c(Cl)cccc3Cl)noc2C2CC2)nc1C(F)(F)F.CN(Cc1ccc(C(=O)O)cc1)c1ccc(OCc2c(-c3c(Cl)cccc3Cl)noc2C2CC2)nc1C(F)(F)F. The molecule has 3 aliphatic rings. The van der Waals surface area contributed by atoms with E-state index < -0.39 is 94.9 Å². The van der Waals surface area contributed by atoms with E-state index in [0.29, 0.717) is 115 Å². The Morgan fingerprint density at radius 1 is 0.381 bits per heavy atom. The number of pyridine rings is 3. The number of alkyl halides is 9. The van der Waals surface area contributed by atoms with E-state index in [0.717, 1.165) is 51.4 Å². The molecule has 0 bridgehead atoms. The fraction of sp³-hybridized carbons (Fsp3) is 0.315. The van der Waals surface area contributed by atoms with Crippen molar-refractivity contribution in [3.8, 4) is 51.4 Å². The number of hydrogen-bond acceptors (Lipinski definition) is 24. The number of ether oxygens (including phenoxy) is 3. The minimum Gasteiger partial charge on any atom is -0.478 e. The van der Waals surface area contributed by atoms with Crippen molar-refractivity contribution in [3.05, 3.63) is 278 Å². The molecule has 0 amide bonds. The van der Waals surface area contributed by atoms with Gasteiger partial charge < -0.3 is 47.6 Å². The molecule has 3 saturated carbocycles. The summed E-state index contributed by atoms with van der Waals surface area (Å²) in [6.45, 7) is -0.315. The quantitative estimate of drug-likeness (QED) is 0.0279. The second-order valence-electron chi connectivity index (χ2n) is 32.9. The maximum Gasteiger partial charge on any atom is 0.435 e. The van der Waals surface area contributed by atoms with Crippen LogP contribution in [-0.4, -0.2) is 166 Å².